The van der Waals surface area contributed by atoms with Crippen molar-refractivity contribution in [1.82, 2.24) is 5.32 Å². The molecule has 0 aromatic heterocycles. The van der Waals surface area contributed by atoms with Crippen molar-refractivity contribution < 1.29 is 0 Å². The Kier molecular flexibility index (Phi) is 6.42. The monoisotopic (exact) mass is 247 g/mol. The predicted molar refractivity (Wildman–Crippen MR) is 81.0 cm³/mol. The normalized spacial score (nSPS) is 16.2. The highest BCUT2D eigenvalue weighted by Crippen LogP contribution is 2.35. The van der Waals surface area contributed by atoms with E-state index < -0.39 is 0 Å². The van der Waals surface area contributed by atoms with Gasteiger partial charge in [-0.05, 0) is 30.9 Å². The van der Waals surface area contributed by atoms with Crippen LogP contribution in [0.3, 0.4) is 0 Å². The maximum absolute atomic E-state index is 3.57. The molecule has 0 bridgehead atoms. The second kappa shape index (κ2) is 7.58. The van der Waals surface area contributed by atoms with Gasteiger partial charge in [-0.25, -0.2) is 0 Å². The summed E-state index contributed by atoms with van der Waals surface area (Å²) in [5.74, 6) is 0.781. The first-order valence-electron chi connectivity index (χ1n) is 7.44. The minimum absolute atomic E-state index is 0.298. The fraction of sp³-hybridized carbons (Fsp3) is 0.647. The van der Waals surface area contributed by atoms with Gasteiger partial charge in [-0.3, -0.25) is 0 Å². The van der Waals surface area contributed by atoms with Gasteiger partial charge in [-0.15, -0.1) is 0 Å². The van der Waals surface area contributed by atoms with Crippen LogP contribution in [-0.2, 0) is 5.41 Å². The Morgan fingerprint density at radius 1 is 1.11 bits per heavy atom. The maximum atomic E-state index is 3.57. The highest BCUT2D eigenvalue weighted by atomic mass is 14.9. The van der Waals surface area contributed by atoms with Crippen LogP contribution in [0.2, 0.25) is 0 Å². The minimum Gasteiger partial charge on any atom is -0.316 e. The van der Waals surface area contributed by atoms with Gasteiger partial charge in [0, 0.05) is 12.0 Å². The van der Waals surface area contributed by atoms with Crippen molar-refractivity contribution in [2.24, 2.45) is 5.92 Å². The molecule has 0 radical (unpaired) electrons. The number of hydrogen-bond donors (Lipinski definition) is 1. The highest BCUT2D eigenvalue weighted by Gasteiger charge is 2.31. The lowest BCUT2D eigenvalue weighted by Gasteiger charge is -2.36. The second-order valence-corrected chi connectivity index (χ2v) is 5.50. The van der Waals surface area contributed by atoms with Crippen LogP contribution < -0.4 is 5.32 Å². The quantitative estimate of drug-likeness (QED) is 0.719. The zero-order chi connectivity index (χ0) is 13.4. The van der Waals surface area contributed by atoms with Crippen molar-refractivity contribution in [2.75, 3.05) is 13.1 Å². The third kappa shape index (κ3) is 3.84. The Morgan fingerprint density at radius 3 is 2.28 bits per heavy atom. The molecule has 18 heavy (non-hydrogen) atoms. The Hall–Kier alpha value is -0.820. The molecule has 0 saturated heterocycles. The zero-order valence-electron chi connectivity index (χ0n) is 12.5. The van der Waals surface area contributed by atoms with Crippen LogP contribution in [0.15, 0.2) is 30.3 Å². The Labute approximate surface area is 113 Å². The molecule has 2 atom stereocenters. The predicted octanol–water partition coefficient (Wildman–Crippen LogP) is 4.38. The van der Waals surface area contributed by atoms with Gasteiger partial charge >= 0.3 is 0 Å². The maximum Gasteiger partial charge on any atom is 0.00776 e. The molecule has 1 N–H and O–H groups in total. The number of rotatable bonds is 8. The summed E-state index contributed by atoms with van der Waals surface area (Å²) in [6.07, 6.45) is 3.74. The molecule has 1 nitrogen and oxygen atoms in total. The molecule has 0 saturated carbocycles. The van der Waals surface area contributed by atoms with E-state index >= 15 is 0 Å². The minimum atomic E-state index is 0.298. The first kappa shape index (κ1) is 15.2. The van der Waals surface area contributed by atoms with Crippen molar-refractivity contribution in [3.05, 3.63) is 35.9 Å². The van der Waals surface area contributed by atoms with E-state index in [9.17, 15) is 0 Å². The molecule has 1 heteroatoms. The summed E-state index contributed by atoms with van der Waals surface area (Å²) < 4.78 is 0. The Morgan fingerprint density at radius 2 is 1.78 bits per heavy atom. The van der Waals surface area contributed by atoms with Crippen LogP contribution in [0.5, 0.6) is 0 Å². The summed E-state index contributed by atoms with van der Waals surface area (Å²) >= 11 is 0. The smallest absolute Gasteiger partial charge is 0.00776 e. The van der Waals surface area contributed by atoms with Gasteiger partial charge in [0.1, 0.15) is 0 Å². The summed E-state index contributed by atoms with van der Waals surface area (Å²) in [6.45, 7) is 11.3. The first-order chi connectivity index (χ1) is 8.68. The van der Waals surface area contributed by atoms with Gasteiger partial charge in [0.05, 0.1) is 0 Å². The molecule has 102 valence electrons. The van der Waals surface area contributed by atoms with Crippen LogP contribution in [0.1, 0.15) is 52.5 Å². The van der Waals surface area contributed by atoms with Crippen LogP contribution in [0, 0.1) is 5.92 Å². The van der Waals surface area contributed by atoms with E-state index in [2.05, 4.69) is 63.3 Å². The number of likely N-dealkylation sites (N-methyl/N-ethyl adjacent to an activating group) is 1. The number of nitrogens with one attached hydrogen (secondary N) is 1. The van der Waals surface area contributed by atoms with Crippen molar-refractivity contribution in [1.29, 1.82) is 0 Å². The molecule has 0 aliphatic heterocycles. The van der Waals surface area contributed by atoms with Crippen molar-refractivity contribution in [3.8, 4) is 0 Å². The summed E-state index contributed by atoms with van der Waals surface area (Å²) in [7, 11) is 0. The Bertz CT molecular complexity index is 320. The van der Waals surface area contributed by atoms with E-state index in [0.29, 0.717) is 5.41 Å². The molecule has 2 unspecified atom stereocenters. The molecule has 1 aromatic carbocycles. The summed E-state index contributed by atoms with van der Waals surface area (Å²) in [4.78, 5) is 0. The van der Waals surface area contributed by atoms with Crippen LogP contribution in [-0.4, -0.2) is 13.1 Å². The van der Waals surface area contributed by atoms with Crippen LogP contribution in [0.25, 0.3) is 0 Å². The van der Waals surface area contributed by atoms with E-state index in [1.54, 1.807) is 0 Å². The van der Waals surface area contributed by atoms with Gasteiger partial charge in [0.15, 0.2) is 0 Å². The SMILES string of the molecule is CCNCC(CC)(CC(C)CC)c1ccccc1. The van der Waals surface area contributed by atoms with Gasteiger partial charge in [-0.2, -0.15) is 0 Å². The Balaban J connectivity index is 2.97. The molecule has 1 rings (SSSR count). The first-order valence-corrected chi connectivity index (χ1v) is 7.44. The molecule has 0 spiro atoms. The van der Waals surface area contributed by atoms with E-state index in [0.717, 1.165) is 19.0 Å². The van der Waals surface area contributed by atoms with Crippen molar-refractivity contribution in [3.63, 3.8) is 0 Å². The van der Waals surface area contributed by atoms with Crippen molar-refractivity contribution in [2.45, 2.75) is 52.4 Å². The molecule has 0 fully saturated rings. The largest absolute Gasteiger partial charge is 0.316 e. The van der Waals surface area contributed by atoms with E-state index in [4.69, 9.17) is 0 Å². The molecular weight excluding hydrogens is 218 g/mol. The highest BCUT2D eigenvalue weighted by molar-refractivity contribution is 5.26. The van der Waals surface area contributed by atoms with Gasteiger partial charge < -0.3 is 5.32 Å². The fourth-order valence-electron chi connectivity index (χ4n) is 2.73. The van der Waals surface area contributed by atoms with Crippen molar-refractivity contribution >= 4 is 0 Å². The molecule has 0 heterocycles. The lowest BCUT2D eigenvalue weighted by atomic mass is 9.71. The third-order valence-electron chi connectivity index (χ3n) is 4.21. The molecule has 0 aliphatic rings. The third-order valence-corrected chi connectivity index (χ3v) is 4.21. The van der Waals surface area contributed by atoms with E-state index in [1.807, 2.05) is 0 Å². The average molecular weight is 247 g/mol. The van der Waals surface area contributed by atoms with E-state index in [1.165, 1.54) is 24.8 Å². The summed E-state index contributed by atoms with van der Waals surface area (Å²) in [5.41, 5.74) is 1.79. The van der Waals surface area contributed by atoms with Crippen LogP contribution >= 0.6 is 0 Å². The van der Waals surface area contributed by atoms with E-state index in [-0.39, 0.29) is 0 Å². The standard InChI is InChI=1S/C17H29N/c1-5-15(4)13-17(6-2,14-18-7-3)16-11-9-8-10-12-16/h8-12,15,18H,5-7,13-14H2,1-4H3. The topological polar surface area (TPSA) is 12.0 Å². The fourth-order valence-corrected chi connectivity index (χ4v) is 2.73. The molecule has 0 amide bonds. The van der Waals surface area contributed by atoms with Gasteiger partial charge in [-0.1, -0.05) is 64.4 Å². The van der Waals surface area contributed by atoms with Crippen LogP contribution in [0.4, 0.5) is 0 Å². The lowest BCUT2D eigenvalue weighted by Crippen LogP contribution is -2.39. The molecular formula is C17H29N. The number of hydrogen-bond acceptors (Lipinski definition) is 1. The zero-order valence-corrected chi connectivity index (χ0v) is 12.5. The summed E-state index contributed by atoms with van der Waals surface area (Å²) in [6, 6.07) is 11.0. The van der Waals surface area contributed by atoms with Gasteiger partial charge in [0.25, 0.3) is 0 Å². The summed E-state index contributed by atoms with van der Waals surface area (Å²) in [5, 5.41) is 3.57. The second-order valence-electron chi connectivity index (χ2n) is 5.50. The molecule has 1 aromatic rings. The molecule has 0 aliphatic carbocycles. The van der Waals surface area contributed by atoms with Gasteiger partial charge in [0.2, 0.25) is 0 Å². The lowest BCUT2D eigenvalue weighted by molar-refractivity contribution is 0.298. The number of benzene rings is 1. The average Bonchev–Trinajstić information content (AvgIpc) is 2.44.